The molecule has 0 unspecified atom stereocenters. The quantitative estimate of drug-likeness (QED) is 0.777. The van der Waals surface area contributed by atoms with E-state index in [-0.39, 0.29) is 18.4 Å². The number of ether oxygens (including phenoxy) is 2. The molecule has 0 radical (unpaired) electrons. The Labute approximate surface area is 126 Å². The lowest BCUT2D eigenvalue weighted by Gasteiger charge is -2.35. The summed E-state index contributed by atoms with van der Waals surface area (Å²) >= 11 is 0. The Kier molecular flexibility index (Phi) is 6.01. The molecule has 0 aromatic carbocycles. The zero-order valence-electron chi connectivity index (χ0n) is 13.4. The van der Waals surface area contributed by atoms with Crippen LogP contribution in [0.2, 0.25) is 0 Å². The fraction of sp³-hybridized carbons (Fsp3) is 0.867. The molecule has 0 aliphatic heterocycles. The fourth-order valence-corrected chi connectivity index (χ4v) is 2.43. The first-order valence-corrected chi connectivity index (χ1v) is 7.51. The summed E-state index contributed by atoms with van der Waals surface area (Å²) in [6.45, 7) is 7.49. The summed E-state index contributed by atoms with van der Waals surface area (Å²) in [6.07, 6.45) is 1.74. The van der Waals surface area contributed by atoms with Crippen LogP contribution in [-0.2, 0) is 14.3 Å². The molecule has 0 saturated heterocycles. The number of hydrogen-bond acceptors (Lipinski definition) is 5. The number of rotatable bonds is 4. The van der Waals surface area contributed by atoms with Gasteiger partial charge in [0.05, 0.1) is 18.6 Å². The molecule has 1 rings (SSSR count). The molecule has 0 aromatic rings. The summed E-state index contributed by atoms with van der Waals surface area (Å²) in [5.41, 5.74) is -1.54. The van der Waals surface area contributed by atoms with Crippen LogP contribution in [0, 0.1) is 0 Å². The molecule has 1 amide bonds. The molecular formula is C15H27NO5. The van der Waals surface area contributed by atoms with Crippen molar-refractivity contribution < 1.29 is 24.2 Å². The van der Waals surface area contributed by atoms with Crippen LogP contribution in [0.15, 0.2) is 0 Å². The Bertz CT molecular complexity index is 367. The third kappa shape index (κ3) is 6.80. The van der Waals surface area contributed by atoms with Crippen molar-refractivity contribution in [2.24, 2.45) is 0 Å². The lowest BCUT2D eigenvalue weighted by molar-refractivity contribution is -0.150. The molecule has 1 aliphatic rings. The highest BCUT2D eigenvalue weighted by atomic mass is 16.6. The number of alkyl carbamates (subject to hydrolysis) is 1. The Morgan fingerprint density at radius 2 is 1.86 bits per heavy atom. The predicted molar refractivity (Wildman–Crippen MR) is 77.8 cm³/mol. The van der Waals surface area contributed by atoms with Crippen molar-refractivity contribution in [2.45, 2.75) is 77.0 Å². The highest BCUT2D eigenvalue weighted by molar-refractivity contribution is 5.70. The van der Waals surface area contributed by atoms with Crippen molar-refractivity contribution in [3.8, 4) is 0 Å². The van der Waals surface area contributed by atoms with Crippen molar-refractivity contribution in [3.05, 3.63) is 0 Å². The Balaban J connectivity index is 2.38. The number of carbonyl (C=O) groups excluding carboxylic acids is 2. The predicted octanol–water partition coefficient (Wildman–Crippen LogP) is 2.14. The SMILES string of the molecule is CCOC(=O)CC1(O)CCC(NC(=O)OC(C)(C)C)CC1. The van der Waals surface area contributed by atoms with Crippen LogP contribution < -0.4 is 5.32 Å². The number of aliphatic hydroxyl groups is 1. The maximum atomic E-state index is 11.7. The van der Waals surface area contributed by atoms with Gasteiger partial charge >= 0.3 is 12.1 Å². The molecule has 0 spiro atoms. The second-order valence-electron chi connectivity index (χ2n) is 6.63. The highest BCUT2D eigenvalue weighted by Gasteiger charge is 2.36. The van der Waals surface area contributed by atoms with Crippen LogP contribution >= 0.6 is 0 Å². The Morgan fingerprint density at radius 3 is 2.33 bits per heavy atom. The van der Waals surface area contributed by atoms with Gasteiger partial charge in [-0.15, -0.1) is 0 Å². The molecule has 0 atom stereocenters. The highest BCUT2D eigenvalue weighted by Crippen LogP contribution is 2.31. The van der Waals surface area contributed by atoms with Crippen molar-refractivity contribution in [1.29, 1.82) is 0 Å². The molecule has 122 valence electrons. The molecule has 1 fully saturated rings. The van der Waals surface area contributed by atoms with E-state index >= 15 is 0 Å². The fourth-order valence-electron chi connectivity index (χ4n) is 2.43. The standard InChI is InChI=1S/C15H27NO5/c1-5-20-12(17)10-15(19)8-6-11(7-9-15)16-13(18)21-14(2,3)4/h11,19H,5-10H2,1-4H3,(H,16,18). The topological polar surface area (TPSA) is 84.9 Å². The molecule has 0 bridgehead atoms. The molecule has 2 N–H and O–H groups in total. The van der Waals surface area contributed by atoms with Crippen molar-refractivity contribution >= 4 is 12.1 Å². The summed E-state index contributed by atoms with van der Waals surface area (Å²) in [7, 11) is 0. The number of amides is 1. The van der Waals surface area contributed by atoms with E-state index < -0.39 is 17.3 Å². The van der Waals surface area contributed by atoms with Crippen molar-refractivity contribution in [1.82, 2.24) is 5.32 Å². The smallest absolute Gasteiger partial charge is 0.407 e. The molecule has 6 nitrogen and oxygen atoms in total. The Hall–Kier alpha value is -1.30. The van der Waals surface area contributed by atoms with Crippen molar-refractivity contribution in [3.63, 3.8) is 0 Å². The van der Waals surface area contributed by atoms with E-state index in [1.54, 1.807) is 6.92 Å². The number of hydrogen-bond donors (Lipinski definition) is 2. The summed E-state index contributed by atoms with van der Waals surface area (Å²) in [6, 6.07) is -0.0256. The van der Waals surface area contributed by atoms with Gasteiger partial charge in [0.15, 0.2) is 0 Å². The van der Waals surface area contributed by atoms with E-state index in [0.717, 1.165) is 0 Å². The third-order valence-electron chi connectivity index (χ3n) is 3.42. The van der Waals surface area contributed by atoms with Gasteiger partial charge in [-0.05, 0) is 53.4 Å². The first kappa shape index (κ1) is 17.8. The second kappa shape index (κ2) is 7.11. The lowest BCUT2D eigenvalue weighted by atomic mass is 9.80. The van der Waals surface area contributed by atoms with E-state index in [2.05, 4.69) is 5.32 Å². The van der Waals surface area contributed by atoms with Gasteiger partial charge in [0.1, 0.15) is 5.60 Å². The monoisotopic (exact) mass is 301 g/mol. The third-order valence-corrected chi connectivity index (χ3v) is 3.42. The normalized spacial score (nSPS) is 26.0. The molecule has 1 saturated carbocycles. The maximum absolute atomic E-state index is 11.7. The van der Waals surface area contributed by atoms with Crippen LogP contribution in [0.5, 0.6) is 0 Å². The van der Waals surface area contributed by atoms with Crippen LogP contribution in [0.3, 0.4) is 0 Å². The zero-order valence-corrected chi connectivity index (χ0v) is 13.4. The van der Waals surface area contributed by atoms with Gasteiger partial charge in [-0.2, -0.15) is 0 Å². The van der Waals surface area contributed by atoms with Gasteiger partial charge in [-0.3, -0.25) is 4.79 Å². The van der Waals surface area contributed by atoms with Crippen molar-refractivity contribution in [2.75, 3.05) is 6.61 Å². The largest absolute Gasteiger partial charge is 0.466 e. The van der Waals surface area contributed by atoms with E-state index in [4.69, 9.17) is 9.47 Å². The Morgan fingerprint density at radius 1 is 1.29 bits per heavy atom. The first-order valence-electron chi connectivity index (χ1n) is 7.51. The minimum atomic E-state index is -1.02. The van der Waals surface area contributed by atoms with Gasteiger partial charge < -0.3 is 19.9 Å². The molecule has 21 heavy (non-hydrogen) atoms. The zero-order chi connectivity index (χ0) is 16.1. The number of nitrogens with one attached hydrogen (secondary N) is 1. The van der Waals surface area contributed by atoms with Gasteiger partial charge in [-0.25, -0.2) is 4.79 Å². The number of carbonyl (C=O) groups is 2. The lowest BCUT2D eigenvalue weighted by Crippen LogP contribution is -2.45. The first-order chi connectivity index (χ1) is 9.63. The summed E-state index contributed by atoms with van der Waals surface area (Å²) in [5, 5.41) is 13.2. The van der Waals surface area contributed by atoms with Gasteiger partial charge in [-0.1, -0.05) is 0 Å². The van der Waals surface area contributed by atoms with E-state index in [1.165, 1.54) is 0 Å². The van der Waals surface area contributed by atoms with Crippen LogP contribution in [0.25, 0.3) is 0 Å². The molecule has 1 aliphatic carbocycles. The molecule has 0 aromatic heterocycles. The van der Waals surface area contributed by atoms with Gasteiger partial charge in [0, 0.05) is 6.04 Å². The minimum Gasteiger partial charge on any atom is -0.466 e. The van der Waals surface area contributed by atoms with E-state index in [0.29, 0.717) is 32.3 Å². The average molecular weight is 301 g/mol. The molecule has 0 heterocycles. The van der Waals surface area contributed by atoms with E-state index in [1.807, 2.05) is 20.8 Å². The second-order valence-corrected chi connectivity index (χ2v) is 6.63. The summed E-state index contributed by atoms with van der Waals surface area (Å²) < 4.78 is 10.1. The molecular weight excluding hydrogens is 274 g/mol. The summed E-state index contributed by atoms with van der Waals surface area (Å²) in [4.78, 5) is 23.1. The number of esters is 1. The van der Waals surface area contributed by atoms with Gasteiger partial charge in [0.2, 0.25) is 0 Å². The van der Waals surface area contributed by atoms with E-state index in [9.17, 15) is 14.7 Å². The maximum Gasteiger partial charge on any atom is 0.407 e. The average Bonchev–Trinajstić information content (AvgIpc) is 2.30. The van der Waals surface area contributed by atoms with Crippen LogP contribution in [-0.4, -0.2) is 41.0 Å². The van der Waals surface area contributed by atoms with Crippen LogP contribution in [0.4, 0.5) is 4.79 Å². The minimum absolute atomic E-state index is 0.0139. The van der Waals surface area contributed by atoms with Crippen LogP contribution in [0.1, 0.15) is 59.8 Å². The molecule has 6 heteroatoms. The van der Waals surface area contributed by atoms with Gasteiger partial charge in [0.25, 0.3) is 0 Å². The summed E-state index contributed by atoms with van der Waals surface area (Å²) in [5.74, 6) is -0.376.